The van der Waals surface area contributed by atoms with E-state index in [0.717, 1.165) is 40.8 Å². The first-order chi connectivity index (χ1) is 16.9. The van der Waals surface area contributed by atoms with Crippen LogP contribution in [0.5, 0.6) is 0 Å². The molecule has 0 aliphatic carbocycles. The Bertz CT molecular complexity index is 1190. The second-order valence-electron chi connectivity index (χ2n) is 9.35. The summed E-state index contributed by atoms with van der Waals surface area (Å²) in [6, 6.07) is 8.28. The van der Waals surface area contributed by atoms with E-state index in [1.165, 1.54) is 6.21 Å². The lowest BCUT2D eigenvalue weighted by Crippen LogP contribution is -2.55. The molecule has 0 radical (unpaired) electrons. The van der Waals surface area contributed by atoms with Crippen molar-refractivity contribution in [3.8, 4) is 0 Å². The van der Waals surface area contributed by atoms with Crippen LogP contribution in [0.4, 0.5) is 11.6 Å². The molecular formula is C26H34N8O. The maximum atomic E-state index is 7.85. The molecule has 0 unspecified atom stereocenters. The number of ether oxygens (including phenoxy) is 1. The highest BCUT2D eigenvalue weighted by atomic mass is 16.5. The average Bonchev–Trinajstić information content (AvgIpc) is 2.82. The quantitative estimate of drug-likeness (QED) is 0.283. The standard InChI is InChI=1S/C26H34N8O/c1-17(2)19-10-26(33-30-14-19)32-25-6-5-23-24(31-25)9-20(13-29-23)21(11-27)12-28-7-8-35-22-15-34(16-22)18(3)4/h5-6,9-14,17-18,22,27-28H,7-8,15-16H2,1-4H3,(H,31,32,33)/b21-12+,27-11?. The van der Waals surface area contributed by atoms with Crippen molar-refractivity contribution >= 4 is 34.5 Å². The SMILES string of the molecule is CC(C)c1cnnc(Nc2ccc3ncc(/C(C=N)=C/NCCOC4CN(C(C)C)C4)cc3n2)c1. The summed E-state index contributed by atoms with van der Waals surface area (Å²) < 4.78 is 5.89. The number of nitrogens with zero attached hydrogens (tertiary/aromatic N) is 5. The van der Waals surface area contributed by atoms with Crippen LogP contribution in [-0.4, -0.2) is 69.7 Å². The summed E-state index contributed by atoms with van der Waals surface area (Å²) in [5.41, 5.74) is 4.17. The minimum atomic E-state index is 0.322. The number of likely N-dealkylation sites (tertiary alicyclic amines) is 1. The van der Waals surface area contributed by atoms with Crippen LogP contribution < -0.4 is 10.6 Å². The van der Waals surface area contributed by atoms with Gasteiger partial charge in [0.15, 0.2) is 5.82 Å². The summed E-state index contributed by atoms with van der Waals surface area (Å²) in [4.78, 5) is 11.6. The Kier molecular flexibility index (Phi) is 7.99. The zero-order chi connectivity index (χ0) is 24.8. The lowest BCUT2D eigenvalue weighted by Gasteiger charge is -2.41. The first-order valence-electron chi connectivity index (χ1n) is 12.1. The third kappa shape index (κ3) is 6.37. The molecule has 9 nitrogen and oxygen atoms in total. The number of pyridine rings is 2. The van der Waals surface area contributed by atoms with Crippen LogP contribution in [0, 0.1) is 5.41 Å². The third-order valence-electron chi connectivity index (χ3n) is 6.09. The van der Waals surface area contributed by atoms with Gasteiger partial charge in [0.05, 0.1) is 29.9 Å². The van der Waals surface area contributed by atoms with Gasteiger partial charge >= 0.3 is 0 Å². The number of aromatic nitrogens is 4. The summed E-state index contributed by atoms with van der Waals surface area (Å²) in [6.07, 6.45) is 7.01. The monoisotopic (exact) mass is 474 g/mol. The van der Waals surface area contributed by atoms with E-state index in [1.54, 1.807) is 12.4 Å². The van der Waals surface area contributed by atoms with Crippen LogP contribution in [0.15, 0.2) is 42.9 Å². The van der Waals surface area contributed by atoms with E-state index in [4.69, 9.17) is 15.1 Å². The molecule has 0 amide bonds. The third-order valence-corrected chi connectivity index (χ3v) is 6.09. The van der Waals surface area contributed by atoms with Gasteiger partial charge in [0.2, 0.25) is 0 Å². The highest BCUT2D eigenvalue weighted by Gasteiger charge is 2.28. The van der Waals surface area contributed by atoms with Crippen LogP contribution in [0.3, 0.4) is 0 Å². The van der Waals surface area contributed by atoms with Gasteiger partial charge in [0.1, 0.15) is 5.82 Å². The molecule has 0 atom stereocenters. The molecule has 3 aromatic rings. The van der Waals surface area contributed by atoms with E-state index in [9.17, 15) is 0 Å². The van der Waals surface area contributed by atoms with E-state index in [2.05, 4.69) is 58.4 Å². The zero-order valence-electron chi connectivity index (χ0n) is 20.8. The molecule has 1 fully saturated rings. The normalized spacial score (nSPS) is 15.0. The van der Waals surface area contributed by atoms with Gasteiger partial charge in [-0.25, -0.2) is 4.98 Å². The van der Waals surface area contributed by atoms with E-state index in [1.807, 2.05) is 30.5 Å². The van der Waals surface area contributed by atoms with Crippen molar-refractivity contribution in [2.24, 2.45) is 0 Å². The second kappa shape index (κ2) is 11.3. The Morgan fingerprint density at radius 3 is 2.71 bits per heavy atom. The van der Waals surface area contributed by atoms with Crippen LogP contribution in [0.1, 0.15) is 44.7 Å². The Morgan fingerprint density at radius 2 is 1.97 bits per heavy atom. The van der Waals surface area contributed by atoms with Gasteiger partial charge in [-0.05, 0) is 49.6 Å². The maximum absolute atomic E-state index is 7.85. The summed E-state index contributed by atoms with van der Waals surface area (Å²) in [7, 11) is 0. The lowest BCUT2D eigenvalue weighted by molar-refractivity contribution is -0.0645. The van der Waals surface area contributed by atoms with Crippen LogP contribution in [0.25, 0.3) is 16.6 Å². The molecule has 0 saturated carbocycles. The van der Waals surface area contributed by atoms with Crippen LogP contribution in [0.2, 0.25) is 0 Å². The van der Waals surface area contributed by atoms with Crippen molar-refractivity contribution in [2.75, 3.05) is 31.6 Å². The fraction of sp³-hybridized carbons (Fsp3) is 0.423. The fourth-order valence-electron chi connectivity index (χ4n) is 3.80. The van der Waals surface area contributed by atoms with Crippen LogP contribution >= 0.6 is 0 Å². The molecule has 0 aromatic carbocycles. The summed E-state index contributed by atoms with van der Waals surface area (Å²) in [6.45, 7) is 12.0. The molecule has 0 bridgehead atoms. The molecule has 4 heterocycles. The molecular weight excluding hydrogens is 440 g/mol. The van der Waals surface area contributed by atoms with Gasteiger partial charge in [0.25, 0.3) is 0 Å². The molecule has 1 saturated heterocycles. The largest absolute Gasteiger partial charge is 0.388 e. The van der Waals surface area contributed by atoms with E-state index in [0.29, 0.717) is 42.9 Å². The number of rotatable bonds is 11. The highest BCUT2D eigenvalue weighted by Crippen LogP contribution is 2.22. The van der Waals surface area contributed by atoms with Gasteiger partial charge < -0.3 is 20.8 Å². The van der Waals surface area contributed by atoms with Crippen molar-refractivity contribution in [1.29, 1.82) is 5.41 Å². The smallest absolute Gasteiger partial charge is 0.154 e. The molecule has 0 spiro atoms. The van der Waals surface area contributed by atoms with Gasteiger partial charge in [-0.15, -0.1) is 5.10 Å². The van der Waals surface area contributed by atoms with E-state index >= 15 is 0 Å². The maximum Gasteiger partial charge on any atom is 0.154 e. The molecule has 184 valence electrons. The first kappa shape index (κ1) is 24.7. The fourth-order valence-corrected chi connectivity index (χ4v) is 3.80. The average molecular weight is 475 g/mol. The van der Waals surface area contributed by atoms with Crippen molar-refractivity contribution < 1.29 is 4.74 Å². The van der Waals surface area contributed by atoms with E-state index in [-0.39, 0.29) is 0 Å². The van der Waals surface area contributed by atoms with Crippen LogP contribution in [-0.2, 0) is 4.74 Å². The molecule has 1 aliphatic rings. The minimum Gasteiger partial charge on any atom is -0.388 e. The minimum absolute atomic E-state index is 0.322. The summed E-state index contributed by atoms with van der Waals surface area (Å²) in [5, 5.41) is 22.6. The van der Waals surface area contributed by atoms with Gasteiger partial charge in [-0.2, -0.15) is 5.10 Å². The Morgan fingerprint density at radius 1 is 1.14 bits per heavy atom. The summed E-state index contributed by atoms with van der Waals surface area (Å²) in [5.74, 6) is 1.68. The number of hydrogen-bond donors (Lipinski definition) is 3. The van der Waals surface area contributed by atoms with Crippen molar-refractivity contribution in [3.63, 3.8) is 0 Å². The van der Waals surface area contributed by atoms with Crippen molar-refractivity contribution in [3.05, 3.63) is 54.0 Å². The predicted octanol–water partition coefficient (Wildman–Crippen LogP) is 3.98. The highest BCUT2D eigenvalue weighted by molar-refractivity contribution is 6.08. The Hall–Kier alpha value is -3.43. The molecule has 9 heteroatoms. The zero-order valence-corrected chi connectivity index (χ0v) is 20.8. The van der Waals surface area contributed by atoms with Gasteiger partial charge in [-0.3, -0.25) is 9.88 Å². The Labute approximate surface area is 206 Å². The van der Waals surface area contributed by atoms with Crippen molar-refractivity contribution in [2.45, 2.75) is 45.8 Å². The Balaban J connectivity index is 1.38. The molecule has 4 rings (SSSR count). The number of nitrogens with one attached hydrogen (secondary N) is 3. The van der Waals surface area contributed by atoms with Crippen molar-refractivity contribution in [1.82, 2.24) is 30.4 Å². The van der Waals surface area contributed by atoms with Gasteiger partial charge in [-0.1, -0.05) is 13.8 Å². The lowest BCUT2D eigenvalue weighted by atomic mass is 10.1. The number of anilines is 2. The number of fused-ring (bicyclic) bond motifs is 1. The molecule has 1 aliphatic heterocycles. The van der Waals surface area contributed by atoms with Gasteiger partial charge in [0, 0.05) is 55.4 Å². The predicted molar refractivity (Wildman–Crippen MR) is 140 cm³/mol. The summed E-state index contributed by atoms with van der Waals surface area (Å²) >= 11 is 0. The molecule has 3 aromatic heterocycles. The number of hydrogen-bond acceptors (Lipinski definition) is 9. The molecule has 3 N–H and O–H groups in total. The molecule has 35 heavy (non-hydrogen) atoms. The topological polar surface area (TPSA) is 112 Å². The second-order valence-corrected chi connectivity index (χ2v) is 9.35. The first-order valence-corrected chi connectivity index (χ1v) is 12.1. The van der Waals surface area contributed by atoms with E-state index < -0.39 is 0 Å². The number of allylic oxidation sites excluding steroid dienone is 1.